The summed E-state index contributed by atoms with van der Waals surface area (Å²) < 4.78 is 0. The predicted octanol–water partition coefficient (Wildman–Crippen LogP) is 7.24. The summed E-state index contributed by atoms with van der Waals surface area (Å²) in [6.07, 6.45) is 10.1. The Kier molecular flexibility index (Phi) is 8.51. The maximum atomic E-state index is 4.96. The van der Waals surface area contributed by atoms with Crippen molar-refractivity contribution in [3.8, 4) is 11.3 Å². The predicted molar refractivity (Wildman–Crippen MR) is 173 cm³/mol. The molecule has 0 amide bonds. The summed E-state index contributed by atoms with van der Waals surface area (Å²) in [4.78, 5) is 20.8. The van der Waals surface area contributed by atoms with Crippen LogP contribution < -0.4 is 20.9 Å². The van der Waals surface area contributed by atoms with Gasteiger partial charge in [-0.15, -0.1) is 0 Å². The van der Waals surface area contributed by atoms with Crippen molar-refractivity contribution in [2.45, 2.75) is 45.6 Å². The minimum atomic E-state index is 0.547. The molecule has 4 heterocycles. The zero-order valence-corrected chi connectivity index (χ0v) is 24.3. The van der Waals surface area contributed by atoms with Crippen LogP contribution >= 0.6 is 0 Å². The van der Waals surface area contributed by atoms with Crippen molar-refractivity contribution in [2.24, 2.45) is 0 Å². The number of unbranched alkanes of at least 4 members (excludes halogenated alkanes) is 1. The fourth-order valence-corrected chi connectivity index (χ4v) is 5.53. The molecular formula is C34H38N8. The van der Waals surface area contributed by atoms with Crippen LogP contribution in [-0.2, 0) is 0 Å². The number of piperidine rings is 1. The lowest BCUT2D eigenvalue weighted by molar-refractivity contribution is 0.412. The molecule has 42 heavy (non-hydrogen) atoms. The number of pyridine rings is 2. The molecule has 0 unspecified atom stereocenters. The number of anilines is 5. The van der Waals surface area contributed by atoms with E-state index in [1.165, 1.54) is 23.9 Å². The molecule has 0 atom stereocenters. The topological polar surface area (TPSA) is 90.9 Å². The Balaban J connectivity index is 1.18. The molecule has 0 radical (unpaired) electrons. The summed E-state index contributed by atoms with van der Waals surface area (Å²) in [6.45, 7) is 7.53. The van der Waals surface area contributed by atoms with E-state index in [2.05, 4.69) is 98.2 Å². The Morgan fingerprint density at radius 1 is 0.905 bits per heavy atom. The van der Waals surface area contributed by atoms with E-state index in [0.29, 0.717) is 12.0 Å². The monoisotopic (exact) mass is 558 g/mol. The number of fused-ring (bicyclic) bond motifs is 1. The van der Waals surface area contributed by atoms with Gasteiger partial charge in [-0.2, -0.15) is 0 Å². The van der Waals surface area contributed by atoms with Gasteiger partial charge in [0.25, 0.3) is 0 Å². The van der Waals surface area contributed by atoms with Crippen molar-refractivity contribution in [2.75, 3.05) is 35.2 Å². The van der Waals surface area contributed by atoms with Crippen molar-refractivity contribution >= 4 is 39.7 Å². The SMILES string of the molecule is CCCCNC1CCN(c2cc(Nc3ccc(Nc4nccc(-c5cccnc5)n4)c(C)c3)nc3ccccc23)CC1. The lowest BCUT2D eigenvalue weighted by atomic mass is 10.0. The Labute approximate surface area is 247 Å². The summed E-state index contributed by atoms with van der Waals surface area (Å²) in [6, 6.07) is 23.3. The molecule has 8 heteroatoms. The molecule has 0 spiro atoms. The fourth-order valence-electron chi connectivity index (χ4n) is 5.53. The normalized spacial score (nSPS) is 13.8. The van der Waals surface area contributed by atoms with Crippen LogP contribution in [0.25, 0.3) is 22.2 Å². The van der Waals surface area contributed by atoms with Gasteiger partial charge >= 0.3 is 0 Å². The highest BCUT2D eigenvalue weighted by atomic mass is 15.2. The zero-order chi connectivity index (χ0) is 28.7. The minimum absolute atomic E-state index is 0.547. The first-order chi connectivity index (χ1) is 20.7. The van der Waals surface area contributed by atoms with E-state index < -0.39 is 0 Å². The van der Waals surface area contributed by atoms with Gasteiger partial charge in [0, 0.05) is 71.8 Å². The van der Waals surface area contributed by atoms with E-state index >= 15 is 0 Å². The number of hydrogen-bond donors (Lipinski definition) is 3. The number of para-hydroxylation sites is 1. The van der Waals surface area contributed by atoms with Crippen LogP contribution in [0.15, 0.2) is 85.3 Å². The number of rotatable bonds is 10. The Bertz CT molecular complexity index is 1630. The number of aromatic nitrogens is 4. The molecule has 2 aromatic carbocycles. The van der Waals surface area contributed by atoms with E-state index in [4.69, 9.17) is 4.98 Å². The van der Waals surface area contributed by atoms with Gasteiger partial charge in [0.1, 0.15) is 5.82 Å². The van der Waals surface area contributed by atoms with Gasteiger partial charge in [-0.3, -0.25) is 4.98 Å². The van der Waals surface area contributed by atoms with Crippen molar-refractivity contribution < 1.29 is 0 Å². The van der Waals surface area contributed by atoms with Crippen LogP contribution in [0.1, 0.15) is 38.2 Å². The molecule has 0 bridgehead atoms. The maximum Gasteiger partial charge on any atom is 0.227 e. The highest BCUT2D eigenvalue weighted by molar-refractivity contribution is 5.94. The van der Waals surface area contributed by atoms with E-state index in [9.17, 15) is 0 Å². The van der Waals surface area contributed by atoms with Crippen molar-refractivity contribution in [3.63, 3.8) is 0 Å². The van der Waals surface area contributed by atoms with Gasteiger partial charge in [-0.05, 0) is 80.8 Å². The molecule has 1 aliphatic rings. The molecular weight excluding hydrogens is 520 g/mol. The van der Waals surface area contributed by atoms with Crippen molar-refractivity contribution in [3.05, 3.63) is 90.9 Å². The largest absolute Gasteiger partial charge is 0.371 e. The van der Waals surface area contributed by atoms with Crippen LogP contribution in [0, 0.1) is 6.92 Å². The van der Waals surface area contributed by atoms with Gasteiger partial charge in [-0.25, -0.2) is 15.0 Å². The average Bonchev–Trinajstić information content (AvgIpc) is 3.03. The third-order valence-electron chi connectivity index (χ3n) is 7.85. The Morgan fingerprint density at radius 2 is 1.79 bits per heavy atom. The second kappa shape index (κ2) is 13.0. The van der Waals surface area contributed by atoms with Crippen molar-refractivity contribution in [1.82, 2.24) is 25.3 Å². The number of nitrogens with zero attached hydrogens (tertiary/aromatic N) is 5. The van der Waals surface area contributed by atoms with Crippen LogP contribution in [0.4, 0.5) is 28.8 Å². The van der Waals surface area contributed by atoms with E-state index in [0.717, 1.165) is 72.0 Å². The molecule has 1 aliphatic heterocycles. The number of hydrogen-bond acceptors (Lipinski definition) is 8. The third-order valence-corrected chi connectivity index (χ3v) is 7.85. The molecule has 3 N–H and O–H groups in total. The Morgan fingerprint density at radius 3 is 2.60 bits per heavy atom. The van der Waals surface area contributed by atoms with Crippen LogP contribution in [-0.4, -0.2) is 45.6 Å². The number of benzene rings is 2. The lowest BCUT2D eigenvalue weighted by Gasteiger charge is -2.35. The molecule has 214 valence electrons. The second-order valence-electron chi connectivity index (χ2n) is 10.9. The molecule has 6 rings (SSSR count). The molecule has 5 aromatic rings. The smallest absolute Gasteiger partial charge is 0.227 e. The summed E-state index contributed by atoms with van der Waals surface area (Å²) in [7, 11) is 0. The molecule has 1 fully saturated rings. The van der Waals surface area contributed by atoms with Gasteiger partial charge in [0.15, 0.2) is 0 Å². The van der Waals surface area contributed by atoms with Crippen LogP contribution in [0.3, 0.4) is 0 Å². The van der Waals surface area contributed by atoms with Crippen molar-refractivity contribution in [1.29, 1.82) is 0 Å². The number of aryl methyl sites for hydroxylation is 1. The molecule has 0 saturated carbocycles. The maximum absolute atomic E-state index is 4.96. The highest BCUT2D eigenvalue weighted by Gasteiger charge is 2.21. The zero-order valence-electron chi connectivity index (χ0n) is 24.3. The van der Waals surface area contributed by atoms with Gasteiger partial charge in [0.2, 0.25) is 5.95 Å². The van der Waals surface area contributed by atoms with E-state index in [-0.39, 0.29) is 0 Å². The van der Waals surface area contributed by atoms with Gasteiger partial charge in [0.05, 0.1) is 11.2 Å². The summed E-state index contributed by atoms with van der Waals surface area (Å²) in [5, 5.41) is 11.9. The first-order valence-corrected chi connectivity index (χ1v) is 14.9. The first kappa shape index (κ1) is 27.6. The quantitative estimate of drug-likeness (QED) is 0.155. The van der Waals surface area contributed by atoms with Crippen LogP contribution in [0.5, 0.6) is 0 Å². The molecule has 0 aliphatic carbocycles. The minimum Gasteiger partial charge on any atom is -0.371 e. The van der Waals surface area contributed by atoms with Crippen LogP contribution in [0.2, 0.25) is 0 Å². The standard InChI is InChI=1S/C34H38N8/c1-3-4-17-36-26-14-19-42(20-15-26)32-22-33(39-31-10-6-5-9-28(31)32)38-27-11-12-29(24(2)21-27)40-34-37-18-13-30(41-34)25-8-7-16-35-23-25/h5-13,16,18,21-23,26,36H,3-4,14-15,17,19-20H2,1-2H3,(H,38,39)(H,37,40,41). The van der Waals surface area contributed by atoms with E-state index in [1.807, 2.05) is 18.2 Å². The lowest BCUT2D eigenvalue weighted by Crippen LogP contribution is -2.42. The van der Waals surface area contributed by atoms with E-state index in [1.54, 1.807) is 18.6 Å². The van der Waals surface area contributed by atoms with Gasteiger partial charge < -0.3 is 20.9 Å². The average molecular weight is 559 g/mol. The first-order valence-electron chi connectivity index (χ1n) is 14.9. The van der Waals surface area contributed by atoms with Gasteiger partial charge in [-0.1, -0.05) is 31.5 Å². The second-order valence-corrected chi connectivity index (χ2v) is 10.9. The summed E-state index contributed by atoms with van der Waals surface area (Å²) in [5.41, 5.74) is 7.04. The fraction of sp³-hybridized carbons (Fsp3) is 0.294. The summed E-state index contributed by atoms with van der Waals surface area (Å²) in [5.74, 6) is 1.39. The number of nitrogens with one attached hydrogen (secondary N) is 3. The third kappa shape index (κ3) is 6.50. The molecule has 8 nitrogen and oxygen atoms in total. The summed E-state index contributed by atoms with van der Waals surface area (Å²) >= 11 is 0. The molecule has 1 saturated heterocycles. The Hall–Kier alpha value is -4.56. The molecule has 3 aromatic heterocycles. The highest BCUT2D eigenvalue weighted by Crippen LogP contribution is 2.32.